The third kappa shape index (κ3) is 3.05. The van der Waals surface area contributed by atoms with Gasteiger partial charge >= 0.3 is 0 Å². The summed E-state index contributed by atoms with van der Waals surface area (Å²) in [5.74, 6) is 5.44. The molecule has 0 aliphatic carbocycles. The second-order valence-electron chi connectivity index (χ2n) is 3.65. The molecular formula is C13H13N3O2. The molecule has 0 fully saturated rings. The van der Waals surface area contributed by atoms with Crippen molar-refractivity contribution in [2.75, 3.05) is 0 Å². The highest BCUT2D eigenvalue weighted by Crippen LogP contribution is 2.11. The molecule has 3 N–H and O–H groups in total. The maximum Gasteiger partial charge on any atom is 0.265 e. The second-order valence-corrected chi connectivity index (χ2v) is 3.65. The first-order valence-electron chi connectivity index (χ1n) is 5.42. The van der Waals surface area contributed by atoms with Gasteiger partial charge in [-0.05, 0) is 29.8 Å². The van der Waals surface area contributed by atoms with E-state index in [1.165, 1.54) is 0 Å². The highest BCUT2D eigenvalue weighted by atomic mass is 16.5. The van der Waals surface area contributed by atoms with Crippen molar-refractivity contribution in [2.24, 2.45) is 5.84 Å². The number of carbonyl (C=O) groups is 1. The standard InChI is InChI=1S/C13H13N3O2/c14-16-13(17)11-5-3-10(4-6-11)9-18-12-2-1-7-15-8-12/h1-8H,9,14H2,(H,16,17). The van der Waals surface area contributed by atoms with Crippen molar-refractivity contribution in [3.8, 4) is 5.75 Å². The zero-order valence-corrected chi connectivity index (χ0v) is 9.67. The van der Waals surface area contributed by atoms with E-state index in [0.29, 0.717) is 17.9 Å². The molecule has 18 heavy (non-hydrogen) atoms. The number of nitrogens with zero attached hydrogens (tertiary/aromatic N) is 1. The molecule has 0 aliphatic heterocycles. The minimum Gasteiger partial charge on any atom is -0.487 e. The lowest BCUT2D eigenvalue weighted by molar-refractivity contribution is 0.0953. The number of hydrogen-bond acceptors (Lipinski definition) is 4. The summed E-state index contributed by atoms with van der Waals surface area (Å²) in [5.41, 5.74) is 3.56. The van der Waals surface area contributed by atoms with Crippen LogP contribution in [0.1, 0.15) is 15.9 Å². The van der Waals surface area contributed by atoms with Crippen LogP contribution >= 0.6 is 0 Å². The molecule has 92 valence electrons. The maximum atomic E-state index is 11.2. The lowest BCUT2D eigenvalue weighted by atomic mass is 10.1. The summed E-state index contributed by atoms with van der Waals surface area (Å²) >= 11 is 0. The van der Waals surface area contributed by atoms with Crippen molar-refractivity contribution in [1.29, 1.82) is 0 Å². The Morgan fingerprint density at radius 2 is 2.06 bits per heavy atom. The lowest BCUT2D eigenvalue weighted by Gasteiger charge is -2.06. The van der Waals surface area contributed by atoms with Crippen LogP contribution < -0.4 is 16.0 Å². The zero-order valence-electron chi connectivity index (χ0n) is 9.67. The van der Waals surface area contributed by atoms with E-state index < -0.39 is 0 Å². The largest absolute Gasteiger partial charge is 0.487 e. The van der Waals surface area contributed by atoms with Crippen molar-refractivity contribution in [3.63, 3.8) is 0 Å². The Balaban J connectivity index is 1.97. The van der Waals surface area contributed by atoms with E-state index in [0.717, 1.165) is 5.56 Å². The number of nitrogens with two attached hydrogens (primary N) is 1. The smallest absolute Gasteiger partial charge is 0.265 e. The van der Waals surface area contributed by atoms with E-state index in [1.54, 1.807) is 24.5 Å². The van der Waals surface area contributed by atoms with Gasteiger partial charge in [0.15, 0.2) is 0 Å². The van der Waals surface area contributed by atoms with Crippen molar-refractivity contribution < 1.29 is 9.53 Å². The van der Waals surface area contributed by atoms with E-state index in [1.807, 2.05) is 24.3 Å². The van der Waals surface area contributed by atoms with Crippen LogP contribution in [-0.4, -0.2) is 10.9 Å². The first-order valence-corrected chi connectivity index (χ1v) is 5.42. The molecule has 2 rings (SSSR count). The third-order valence-corrected chi connectivity index (χ3v) is 2.39. The van der Waals surface area contributed by atoms with E-state index in [-0.39, 0.29) is 5.91 Å². The summed E-state index contributed by atoms with van der Waals surface area (Å²) in [7, 11) is 0. The number of amides is 1. The molecule has 1 amide bonds. The summed E-state index contributed by atoms with van der Waals surface area (Å²) in [6.45, 7) is 0.427. The molecule has 5 heteroatoms. The number of benzene rings is 1. The van der Waals surface area contributed by atoms with E-state index >= 15 is 0 Å². The van der Waals surface area contributed by atoms with Gasteiger partial charge in [-0.15, -0.1) is 0 Å². The second kappa shape index (κ2) is 5.79. The van der Waals surface area contributed by atoms with E-state index in [2.05, 4.69) is 10.4 Å². The molecule has 0 bridgehead atoms. The van der Waals surface area contributed by atoms with Crippen molar-refractivity contribution in [1.82, 2.24) is 10.4 Å². The van der Waals surface area contributed by atoms with Crippen molar-refractivity contribution in [2.45, 2.75) is 6.61 Å². The molecule has 1 aromatic heterocycles. The number of ether oxygens (including phenoxy) is 1. The molecular weight excluding hydrogens is 230 g/mol. The summed E-state index contributed by atoms with van der Waals surface area (Å²) in [5, 5.41) is 0. The fourth-order valence-electron chi connectivity index (χ4n) is 1.43. The maximum absolute atomic E-state index is 11.2. The monoisotopic (exact) mass is 243 g/mol. The number of nitrogen functional groups attached to an aromatic ring is 1. The van der Waals surface area contributed by atoms with Gasteiger partial charge in [0.2, 0.25) is 0 Å². The molecule has 1 heterocycles. The van der Waals surface area contributed by atoms with E-state index in [4.69, 9.17) is 10.6 Å². The lowest BCUT2D eigenvalue weighted by Crippen LogP contribution is -2.29. The number of nitrogens with one attached hydrogen (secondary N) is 1. The van der Waals surface area contributed by atoms with Gasteiger partial charge in [0.1, 0.15) is 12.4 Å². The van der Waals surface area contributed by atoms with Crippen LogP contribution in [0.15, 0.2) is 48.8 Å². The minimum absolute atomic E-state index is 0.310. The number of pyridine rings is 1. The normalized spacial score (nSPS) is 9.83. The van der Waals surface area contributed by atoms with Crippen LogP contribution in [-0.2, 0) is 6.61 Å². The molecule has 0 atom stereocenters. The molecule has 0 spiro atoms. The Bertz CT molecular complexity index is 512. The van der Waals surface area contributed by atoms with Crippen LogP contribution in [0, 0.1) is 0 Å². The molecule has 0 saturated carbocycles. The van der Waals surface area contributed by atoms with E-state index in [9.17, 15) is 4.79 Å². The van der Waals surface area contributed by atoms with Crippen LogP contribution in [0.2, 0.25) is 0 Å². The number of aromatic nitrogens is 1. The summed E-state index contributed by atoms with van der Waals surface area (Å²) in [6, 6.07) is 10.7. The Morgan fingerprint density at radius 1 is 1.28 bits per heavy atom. The van der Waals surface area contributed by atoms with Gasteiger partial charge < -0.3 is 4.74 Å². The topological polar surface area (TPSA) is 77.2 Å². The van der Waals surface area contributed by atoms with Gasteiger partial charge in [-0.2, -0.15) is 0 Å². The van der Waals surface area contributed by atoms with Crippen LogP contribution in [0.3, 0.4) is 0 Å². The average Bonchev–Trinajstić information content (AvgIpc) is 2.46. The van der Waals surface area contributed by atoms with Gasteiger partial charge in [0.25, 0.3) is 5.91 Å². The van der Waals surface area contributed by atoms with Gasteiger partial charge in [0, 0.05) is 11.8 Å². The quantitative estimate of drug-likeness (QED) is 0.481. The zero-order chi connectivity index (χ0) is 12.8. The van der Waals surface area contributed by atoms with Gasteiger partial charge in [0.05, 0.1) is 6.20 Å². The molecule has 0 radical (unpaired) electrons. The van der Waals surface area contributed by atoms with Crippen LogP contribution in [0.5, 0.6) is 5.75 Å². The molecule has 0 saturated heterocycles. The number of hydrogen-bond donors (Lipinski definition) is 2. The Kier molecular flexibility index (Phi) is 3.88. The van der Waals surface area contributed by atoms with Crippen LogP contribution in [0.4, 0.5) is 0 Å². The summed E-state index contributed by atoms with van der Waals surface area (Å²) < 4.78 is 5.53. The average molecular weight is 243 g/mol. The first kappa shape index (κ1) is 12.1. The Hall–Kier alpha value is -2.40. The predicted molar refractivity (Wildman–Crippen MR) is 66.7 cm³/mol. The predicted octanol–water partition coefficient (Wildman–Crippen LogP) is 1.26. The molecule has 2 aromatic rings. The van der Waals surface area contributed by atoms with Crippen molar-refractivity contribution in [3.05, 3.63) is 59.9 Å². The van der Waals surface area contributed by atoms with Gasteiger partial charge in [-0.3, -0.25) is 15.2 Å². The van der Waals surface area contributed by atoms with Gasteiger partial charge in [-0.25, -0.2) is 5.84 Å². The molecule has 0 aliphatic rings. The summed E-state index contributed by atoms with van der Waals surface area (Å²) in [6.07, 6.45) is 3.34. The minimum atomic E-state index is -0.310. The summed E-state index contributed by atoms with van der Waals surface area (Å²) in [4.78, 5) is 15.2. The Morgan fingerprint density at radius 3 is 2.67 bits per heavy atom. The third-order valence-electron chi connectivity index (χ3n) is 2.39. The van der Waals surface area contributed by atoms with Crippen LogP contribution in [0.25, 0.3) is 0 Å². The first-order chi connectivity index (χ1) is 8.79. The highest BCUT2D eigenvalue weighted by molar-refractivity contribution is 5.93. The fourth-order valence-corrected chi connectivity index (χ4v) is 1.43. The van der Waals surface area contributed by atoms with Gasteiger partial charge in [-0.1, -0.05) is 12.1 Å². The molecule has 5 nitrogen and oxygen atoms in total. The molecule has 0 unspecified atom stereocenters. The molecule has 1 aromatic carbocycles. The fraction of sp³-hybridized carbons (Fsp3) is 0.0769. The number of hydrazine groups is 1. The highest BCUT2D eigenvalue weighted by Gasteiger charge is 2.02. The number of carbonyl (C=O) groups excluding carboxylic acids is 1. The van der Waals surface area contributed by atoms with Crippen molar-refractivity contribution >= 4 is 5.91 Å². The Labute approximate surface area is 105 Å². The SMILES string of the molecule is NNC(=O)c1ccc(COc2cccnc2)cc1. The number of rotatable bonds is 4.